The van der Waals surface area contributed by atoms with Crippen molar-refractivity contribution in [1.29, 1.82) is 0 Å². The normalized spacial score (nSPS) is 24.3. The lowest BCUT2D eigenvalue weighted by Crippen LogP contribution is -2.12. The Bertz CT molecular complexity index is 240. The van der Waals surface area contributed by atoms with Crippen molar-refractivity contribution < 1.29 is 4.74 Å². The summed E-state index contributed by atoms with van der Waals surface area (Å²) in [6.45, 7) is 3.47. The highest BCUT2D eigenvalue weighted by atomic mass is 16.5. The van der Waals surface area contributed by atoms with E-state index in [9.17, 15) is 0 Å². The van der Waals surface area contributed by atoms with Crippen molar-refractivity contribution in [2.75, 3.05) is 13.2 Å². The van der Waals surface area contributed by atoms with Crippen molar-refractivity contribution in [3.63, 3.8) is 0 Å². The lowest BCUT2D eigenvalue weighted by molar-refractivity contribution is 0.183. The van der Waals surface area contributed by atoms with Crippen molar-refractivity contribution in [2.45, 2.75) is 19.4 Å². The molecule has 2 heterocycles. The monoisotopic (exact) mass is 154 g/mol. The first-order valence-corrected chi connectivity index (χ1v) is 3.70. The Labute approximate surface area is 64.3 Å². The van der Waals surface area contributed by atoms with Gasteiger partial charge in [-0.05, 0) is 23.8 Å². The molecule has 1 aromatic heterocycles. The molecule has 0 aromatic carbocycles. The van der Waals surface area contributed by atoms with Crippen LogP contribution in [0.2, 0.25) is 0 Å². The molecular weight excluding hydrogens is 144 g/mol. The molecule has 1 aromatic rings. The molecule has 2 rings (SSSR count). The second kappa shape index (κ2) is 2.58. The van der Waals surface area contributed by atoms with E-state index in [0.29, 0.717) is 6.04 Å². The van der Waals surface area contributed by atoms with Crippen LogP contribution in [0, 0.1) is 6.92 Å². The van der Waals surface area contributed by atoms with E-state index in [1.54, 1.807) is 0 Å². The Morgan fingerprint density at radius 1 is 1.64 bits per heavy atom. The van der Waals surface area contributed by atoms with Crippen LogP contribution in [-0.2, 0) is 4.74 Å². The van der Waals surface area contributed by atoms with Gasteiger partial charge >= 0.3 is 0 Å². The molecule has 5 heteroatoms. The van der Waals surface area contributed by atoms with Gasteiger partial charge in [0, 0.05) is 6.61 Å². The smallest absolute Gasteiger partial charge is 0.148 e. The quantitative estimate of drug-likeness (QED) is 0.568. The van der Waals surface area contributed by atoms with Crippen molar-refractivity contribution in [3.8, 4) is 0 Å². The van der Waals surface area contributed by atoms with E-state index >= 15 is 0 Å². The summed E-state index contributed by atoms with van der Waals surface area (Å²) >= 11 is 0. The summed E-state index contributed by atoms with van der Waals surface area (Å²) in [6.07, 6.45) is 1.02. The Morgan fingerprint density at radius 2 is 2.55 bits per heavy atom. The zero-order chi connectivity index (χ0) is 7.68. The lowest BCUT2D eigenvalue weighted by atomic mass is 10.3. The predicted molar refractivity (Wildman–Crippen MR) is 37.0 cm³/mol. The van der Waals surface area contributed by atoms with Gasteiger partial charge in [0.15, 0.2) is 0 Å². The van der Waals surface area contributed by atoms with E-state index in [0.717, 1.165) is 25.5 Å². The van der Waals surface area contributed by atoms with Gasteiger partial charge in [-0.15, -0.1) is 5.10 Å². The molecule has 1 atom stereocenters. The van der Waals surface area contributed by atoms with Gasteiger partial charge in [0.1, 0.15) is 5.82 Å². The van der Waals surface area contributed by atoms with Crippen LogP contribution in [0.4, 0.5) is 0 Å². The summed E-state index contributed by atoms with van der Waals surface area (Å²) in [5, 5.41) is 11.3. The summed E-state index contributed by atoms with van der Waals surface area (Å²) in [7, 11) is 0. The molecular formula is C6H10N4O. The second-order valence-corrected chi connectivity index (χ2v) is 2.69. The van der Waals surface area contributed by atoms with E-state index in [-0.39, 0.29) is 0 Å². The van der Waals surface area contributed by atoms with Gasteiger partial charge in [-0.25, -0.2) is 4.68 Å². The molecule has 0 N–H and O–H groups in total. The van der Waals surface area contributed by atoms with Gasteiger partial charge in [-0.3, -0.25) is 0 Å². The van der Waals surface area contributed by atoms with Crippen molar-refractivity contribution in [2.24, 2.45) is 0 Å². The minimum absolute atomic E-state index is 0.352. The maximum atomic E-state index is 5.22. The highest BCUT2D eigenvalue weighted by molar-refractivity contribution is 4.80. The average Bonchev–Trinajstić information content (AvgIpc) is 2.55. The van der Waals surface area contributed by atoms with E-state index in [1.165, 1.54) is 0 Å². The Morgan fingerprint density at radius 3 is 3.09 bits per heavy atom. The molecule has 11 heavy (non-hydrogen) atoms. The van der Waals surface area contributed by atoms with Crippen LogP contribution in [0.25, 0.3) is 0 Å². The van der Waals surface area contributed by atoms with E-state index < -0.39 is 0 Å². The fraction of sp³-hybridized carbons (Fsp3) is 0.833. The standard InChI is InChI=1S/C6H10N4O/c1-5-7-8-9-10(5)6-2-3-11-4-6/h6H,2-4H2,1H3. The van der Waals surface area contributed by atoms with Crippen LogP contribution in [0.5, 0.6) is 0 Å². The summed E-state index contributed by atoms with van der Waals surface area (Å²) in [5.41, 5.74) is 0. The molecule has 60 valence electrons. The number of ether oxygens (including phenoxy) is 1. The summed E-state index contributed by atoms with van der Waals surface area (Å²) in [6, 6.07) is 0.352. The Kier molecular flexibility index (Phi) is 1.58. The maximum Gasteiger partial charge on any atom is 0.148 e. The molecule has 0 spiro atoms. The average molecular weight is 154 g/mol. The van der Waals surface area contributed by atoms with Crippen molar-refractivity contribution in [3.05, 3.63) is 5.82 Å². The van der Waals surface area contributed by atoms with E-state index in [4.69, 9.17) is 4.74 Å². The molecule has 1 fully saturated rings. The largest absolute Gasteiger partial charge is 0.379 e. The van der Waals surface area contributed by atoms with Gasteiger partial charge in [0.05, 0.1) is 12.6 Å². The van der Waals surface area contributed by atoms with Crippen LogP contribution in [0.15, 0.2) is 0 Å². The number of aromatic nitrogens is 4. The number of hydrogen-bond acceptors (Lipinski definition) is 4. The number of tetrazole rings is 1. The fourth-order valence-corrected chi connectivity index (χ4v) is 1.29. The molecule has 5 nitrogen and oxygen atoms in total. The molecule has 0 radical (unpaired) electrons. The molecule has 0 aliphatic carbocycles. The molecule has 0 saturated carbocycles. The lowest BCUT2D eigenvalue weighted by Gasteiger charge is -2.06. The third-order valence-corrected chi connectivity index (χ3v) is 1.91. The molecule has 1 saturated heterocycles. The first kappa shape index (κ1) is 6.72. The van der Waals surface area contributed by atoms with Crippen LogP contribution in [-0.4, -0.2) is 33.4 Å². The predicted octanol–water partition coefficient (Wildman–Crippen LogP) is -0.0571. The minimum atomic E-state index is 0.352. The van der Waals surface area contributed by atoms with Gasteiger partial charge in [0.2, 0.25) is 0 Å². The highest BCUT2D eigenvalue weighted by Gasteiger charge is 2.19. The minimum Gasteiger partial charge on any atom is -0.379 e. The third-order valence-electron chi connectivity index (χ3n) is 1.91. The maximum absolute atomic E-state index is 5.22. The molecule has 0 amide bonds. The summed E-state index contributed by atoms with van der Waals surface area (Å²) < 4.78 is 7.05. The molecule has 1 aliphatic heterocycles. The van der Waals surface area contributed by atoms with Crippen LogP contribution >= 0.6 is 0 Å². The molecule has 1 unspecified atom stereocenters. The zero-order valence-electron chi connectivity index (χ0n) is 6.40. The summed E-state index contributed by atoms with van der Waals surface area (Å²) in [5.74, 6) is 0.862. The van der Waals surface area contributed by atoms with Gasteiger partial charge in [0.25, 0.3) is 0 Å². The first-order valence-electron chi connectivity index (χ1n) is 3.70. The Hall–Kier alpha value is -0.970. The number of aryl methyl sites for hydroxylation is 1. The van der Waals surface area contributed by atoms with Crippen LogP contribution in [0.3, 0.4) is 0 Å². The SMILES string of the molecule is Cc1nnnn1C1CCOC1. The number of rotatable bonds is 1. The number of nitrogens with zero attached hydrogens (tertiary/aromatic N) is 4. The van der Waals surface area contributed by atoms with Gasteiger partial charge in [-0.2, -0.15) is 0 Å². The second-order valence-electron chi connectivity index (χ2n) is 2.69. The third kappa shape index (κ3) is 1.11. The van der Waals surface area contributed by atoms with Crippen LogP contribution in [0.1, 0.15) is 18.3 Å². The molecule has 1 aliphatic rings. The zero-order valence-corrected chi connectivity index (χ0v) is 6.40. The van der Waals surface area contributed by atoms with E-state index in [1.807, 2.05) is 11.6 Å². The van der Waals surface area contributed by atoms with Gasteiger partial charge in [-0.1, -0.05) is 0 Å². The topological polar surface area (TPSA) is 52.8 Å². The molecule has 0 bridgehead atoms. The first-order chi connectivity index (χ1) is 5.38. The summed E-state index contributed by atoms with van der Waals surface area (Å²) in [4.78, 5) is 0. The number of hydrogen-bond donors (Lipinski definition) is 0. The van der Waals surface area contributed by atoms with Gasteiger partial charge < -0.3 is 4.74 Å². The van der Waals surface area contributed by atoms with Crippen molar-refractivity contribution >= 4 is 0 Å². The highest BCUT2D eigenvalue weighted by Crippen LogP contribution is 2.17. The van der Waals surface area contributed by atoms with Crippen molar-refractivity contribution in [1.82, 2.24) is 20.2 Å². The Balaban J connectivity index is 2.21. The fourth-order valence-electron chi connectivity index (χ4n) is 1.29. The van der Waals surface area contributed by atoms with Crippen LogP contribution < -0.4 is 0 Å². The van der Waals surface area contributed by atoms with E-state index in [2.05, 4.69) is 15.5 Å².